The van der Waals surface area contributed by atoms with Gasteiger partial charge in [0.05, 0.1) is 11.0 Å². The van der Waals surface area contributed by atoms with Crippen LogP contribution < -0.4 is 4.74 Å². The summed E-state index contributed by atoms with van der Waals surface area (Å²) in [6.07, 6.45) is -0.648. The van der Waals surface area contributed by atoms with E-state index in [1.807, 2.05) is 6.92 Å². The first-order valence-corrected chi connectivity index (χ1v) is 4.56. The molecule has 0 heterocycles. The molecule has 0 unspecified atom stereocenters. The molecule has 15 heavy (non-hydrogen) atoms. The SMILES string of the molecule is Cc1ccc([N+](=O)[O-])c(OC[C@@H](C)O)c1. The smallest absolute Gasteiger partial charge is 0.310 e. The van der Waals surface area contributed by atoms with Crippen molar-refractivity contribution in [2.45, 2.75) is 20.0 Å². The molecule has 0 bridgehead atoms. The molecule has 1 aromatic rings. The predicted molar refractivity (Wildman–Crippen MR) is 55.0 cm³/mol. The van der Waals surface area contributed by atoms with Crippen LogP contribution in [0.5, 0.6) is 5.75 Å². The molecular weight excluding hydrogens is 198 g/mol. The fourth-order valence-electron chi connectivity index (χ4n) is 1.10. The molecule has 5 nitrogen and oxygen atoms in total. The van der Waals surface area contributed by atoms with Crippen molar-refractivity contribution in [1.82, 2.24) is 0 Å². The summed E-state index contributed by atoms with van der Waals surface area (Å²) in [4.78, 5) is 10.1. The summed E-state index contributed by atoms with van der Waals surface area (Å²) in [5.41, 5.74) is 0.794. The topological polar surface area (TPSA) is 72.6 Å². The first kappa shape index (κ1) is 11.5. The molecule has 1 rings (SSSR count). The van der Waals surface area contributed by atoms with Gasteiger partial charge in [-0.25, -0.2) is 0 Å². The highest BCUT2D eigenvalue weighted by Gasteiger charge is 2.15. The molecule has 0 spiro atoms. The molecule has 82 valence electrons. The predicted octanol–water partition coefficient (Wildman–Crippen LogP) is 1.66. The van der Waals surface area contributed by atoms with Crippen LogP contribution in [0, 0.1) is 17.0 Å². The van der Waals surface area contributed by atoms with Crippen molar-refractivity contribution in [3.05, 3.63) is 33.9 Å². The summed E-state index contributed by atoms with van der Waals surface area (Å²) in [6.45, 7) is 3.42. The molecule has 0 aliphatic rings. The summed E-state index contributed by atoms with van der Waals surface area (Å²) < 4.78 is 5.15. The van der Waals surface area contributed by atoms with E-state index < -0.39 is 11.0 Å². The first-order chi connectivity index (χ1) is 7.00. The van der Waals surface area contributed by atoms with E-state index in [9.17, 15) is 10.1 Å². The second kappa shape index (κ2) is 4.75. The summed E-state index contributed by atoms with van der Waals surface area (Å²) in [6, 6.07) is 4.63. The number of nitro groups is 1. The van der Waals surface area contributed by atoms with Crippen LogP contribution in [0.25, 0.3) is 0 Å². The number of nitro benzene ring substituents is 1. The van der Waals surface area contributed by atoms with Crippen molar-refractivity contribution >= 4 is 5.69 Å². The average Bonchev–Trinajstić information content (AvgIpc) is 2.14. The second-order valence-electron chi connectivity index (χ2n) is 3.39. The van der Waals surface area contributed by atoms with Crippen LogP contribution in [0.15, 0.2) is 18.2 Å². The molecule has 0 radical (unpaired) electrons. The van der Waals surface area contributed by atoms with E-state index in [1.165, 1.54) is 6.07 Å². The van der Waals surface area contributed by atoms with Crippen LogP contribution in [-0.2, 0) is 0 Å². The Balaban J connectivity index is 2.92. The van der Waals surface area contributed by atoms with Gasteiger partial charge in [-0.3, -0.25) is 10.1 Å². The Morgan fingerprint density at radius 1 is 1.60 bits per heavy atom. The van der Waals surface area contributed by atoms with Crippen molar-refractivity contribution in [1.29, 1.82) is 0 Å². The van der Waals surface area contributed by atoms with Gasteiger partial charge in [0.25, 0.3) is 0 Å². The molecule has 0 aliphatic heterocycles. The normalized spacial score (nSPS) is 12.2. The van der Waals surface area contributed by atoms with Crippen molar-refractivity contribution < 1.29 is 14.8 Å². The fraction of sp³-hybridized carbons (Fsp3) is 0.400. The second-order valence-corrected chi connectivity index (χ2v) is 3.39. The largest absolute Gasteiger partial charge is 0.484 e. The molecule has 0 amide bonds. The van der Waals surface area contributed by atoms with E-state index in [1.54, 1.807) is 19.1 Å². The summed E-state index contributed by atoms with van der Waals surface area (Å²) in [5.74, 6) is 0.195. The van der Waals surface area contributed by atoms with Crippen LogP contribution in [0.1, 0.15) is 12.5 Å². The van der Waals surface area contributed by atoms with E-state index in [0.29, 0.717) is 0 Å². The third-order valence-electron chi connectivity index (χ3n) is 1.79. The number of nitrogens with zero attached hydrogens (tertiary/aromatic N) is 1. The van der Waals surface area contributed by atoms with E-state index in [2.05, 4.69) is 0 Å². The van der Waals surface area contributed by atoms with E-state index in [4.69, 9.17) is 9.84 Å². The third kappa shape index (κ3) is 3.21. The van der Waals surface area contributed by atoms with Gasteiger partial charge in [-0.2, -0.15) is 0 Å². The number of aliphatic hydroxyl groups excluding tert-OH is 1. The van der Waals surface area contributed by atoms with Gasteiger partial charge in [0.2, 0.25) is 0 Å². The number of benzene rings is 1. The molecular formula is C10H13NO4. The number of aryl methyl sites for hydroxylation is 1. The van der Waals surface area contributed by atoms with Gasteiger partial charge in [0.1, 0.15) is 6.61 Å². The molecule has 1 N–H and O–H groups in total. The zero-order valence-corrected chi connectivity index (χ0v) is 8.64. The quantitative estimate of drug-likeness (QED) is 0.607. The fourth-order valence-corrected chi connectivity index (χ4v) is 1.10. The van der Waals surface area contributed by atoms with Gasteiger partial charge in [-0.1, -0.05) is 6.07 Å². The highest BCUT2D eigenvalue weighted by molar-refractivity contribution is 5.48. The molecule has 1 atom stereocenters. The van der Waals surface area contributed by atoms with Gasteiger partial charge in [0, 0.05) is 6.07 Å². The van der Waals surface area contributed by atoms with Gasteiger partial charge < -0.3 is 9.84 Å². The van der Waals surface area contributed by atoms with Crippen LogP contribution in [0.4, 0.5) is 5.69 Å². The number of ether oxygens (including phenoxy) is 1. The Hall–Kier alpha value is -1.62. The lowest BCUT2D eigenvalue weighted by Crippen LogP contribution is -2.13. The Kier molecular flexibility index (Phi) is 3.62. The van der Waals surface area contributed by atoms with Gasteiger partial charge in [0.15, 0.2) is 5.75 Å². The van der Waals surface area contributed by atoms with Crippen LogP contribution in [0.3, 0.4) is 0 Å². The first-order valence-electron chi connectivity index (χ1n) is 4.56. The van der Waals surface area contributed by atoms with Crippen molar-refractivity contribution in [2.24, 2.45) is 0 Å². The van der Waals surface area contributed by atoms with E-state index >= 15 is 0 Å². The highest BCUT2D eigenvalue weighted by atomic mass is 16.6. The van der Waals surface area contributed by atoms with Crippen LogP contribution in [0.2, 0.25) is 0 Å². The van der Waals surface area contributed by atoms with Gasteiger partial charge in [-0.15, -0.1) is 0 Å². The summed E-state index contributed by atoms with van der Waals surface area (Å²) in [5, 5.41) is 19.7. The minimum Gasteiger partial charge on any atom is -0.484 e. The minimum atomic E-state index is -0.648. The number of hydrogen-bond acceptors (Lipinski definition) is 4. The maximum atomic E-state index is 10.6. The molecule has 0 saturated carbocycles. The third-order valence-corrected chi connectivity index (χ3v) is 1.79. The van der Waals surface area contributed by atoms with E-state index in [-0.39, 0.29) is 18.0 Å². The zero-order chi connectivity index (χ0) is 11.4. The zero-order valence-electron chi connectivity index (χ0n) is 8.64. The summed E-state index contributed by atoms with van der Waals surface area (Å²) >= 11 is 0. The molecule has 0 aromatic heterocycles. The van der Waals surface area contributed by atoms with Crippen molar-refractivity contribution in [3.63, 3.8) is 0 Å². The maximum absolute atomic E-state index is 10.6. The lowest BCUT2D eigenvalue weighted by Gasteiger charge is -2.08. The van der Waals surface area contributed by atoms with Crippen molar-refractivity contribution in [3.8, 4) is 5.75 Å². The molecule has 0 aliphatic carbocycles. The average molecular weight is 211 g/mol. The van der Waals surface area contributed by atoms with Crippen LogP contribution >= 0.6 is 0 Å². The molecule has 5 heteroatoms. The van der Waals surface area contributed by atoms with Crippen molar-refractivity contribution in [2.75, 3.05) is 6.61 Å². The Labute approximate surface area is 87.5 Å². The molecule has 0 fully saturated rings. The summed E-state index contributed by atoms with van der Waals surface area (Å²) in [7, 11) is 0. The standard InChI is InChI=1S/C10H13NO4/c1-7-3-4-9(11(13)14)10(5-7)15-6-8(2)12/h3-5,8,12H,6H2,1-2H3/t8-/m1/s1. The minimum absolute atomic E-state index is 0.0459. The number of aliphatic hydroxyl groups is 1. The van der Waals surface area contributed by atoms with E-state index in [0.717, 1.165) is 5.56 Å². The lowest BCUT2D eigenvalue weighted by molar-refractivity contribution is -0.385. The molecule has 0 saturated heterocycles. The lowest BCUT2D eigenvalue weighted by atomic mass is 10.2. The highest BCUT2D eigenvalue weighted by Crippen LogP contribution is 2.27. The van der Waals surface area contributed by atoms with Crippen LogP contribution in [-0.4, -0.2) is 22.7 Å². The number of hydrogen-bond donors (Lipinski definition) is 1. The Bertz CT molecular complexity index is 362. The molecule has 1 aromatic carbocycles. The maximum Gasteiger partial charge on any atom is 0.310 e. The Morgan fingerprint density at radius 2 is 2.27 bits per heavy atom. The Morgan fingerprint density at radius 3 is 2.80 bits per heavy atom. The monoisotopic (exact) mass is 211 g/mol. The van der Waals surface area contributed by atoms with Gasteiger partial charge in [-0.05, 0) is 25.5 Å². The number of rotatable bonds is 4. The van der Waals surface area contributed by atoms with Gasteiger partial charge >= 0.3 is 5.69 Å².